The Morgan fingerprint density at radius 1 is 1.19 bits per heavy atom. The van der Waals surface area contributed by atoms with Crippen LogP contribution in [0.25, 0.3) is 22.3 Å². The fourth-order valence-corrected chi connectivity index (χ4v) is 3.59. The number of amides is 1. The number of fused-ring (bicyclic) bond motifs is 2. The standard InChI is InChI=1S/C23H26N4O5/c1-14(2)27-22-17(13-24-27)16(23(29)26(3)8-7-21(28)30-4)12-18(25-22)15-5-6-19-20(11-15)32-10-9-31-19/h5-6,11-14H,7-10H2,1-4H3. The highest BCUT2D eigenvalue weighted by atomic mass is 16.6. The third-order valence-electron chi connectivity index (χ3n) is 5.35. The van der Waals surface area contributed by atoms with Gasteiger partial charge in [-0.1, -0.05) is 0 Å². The lowest BCUT2D eigenvalue weighted by molar-refractivity contribution is -0.140. The summed E-state index contributed by atoms with van der Waals surface area (Å²) < 4.78 is 17.8. The van der Waals surface area contributed by atoms with Crippen LogP contribution in [-0.2, 0) is 9.53 Å². The van der Waals surface area contributed by atoms with E-state index in [9.17, 15) is 9.59 Å². The number of carbonyl (C=O) groups excluding carboxylic acids is 2. The Labute approximate surface area is 185 Å². The first kappa shape index (κ1) is 21.6. The Hall–Kier alpha value is -3.62. The van der Waals surface area contributed by atoms with Gasteiger partial charge < -0.3 is 19.1 Å². The van der Waals surface area contributed by atoms with Crippen molar-refractivity contribution in [2.45, 2.75) is 26.3 Å². The van der Waals surface area contributed by atoms with Crippen LogP contribution in [0.4, 0.5) is 0 Å². The summed E-state index contributed by atoms with van der Waals surface area (Å²) in [5, 5.41) is 5.12. The number of carbonyl (C=O) groups is 2. The number of hydrogen-bond donors (Lipinski definition) is 0. The van der Waals surface area contributed by atoms with Crippen molar-refractivity contribution >= 4 is 22.9 Å². The maximum Gasteiger partial charge on any atom is 0.307 e. The normalized spacial score (nSPS) is 12.8. The third kappa shape index (κ3) is 4.10. The number of esters is 1. The van der Waals surface area contributed by atoms with Crippen LogP contribution >= 0.6 is 0 Å². The average Bonchev–Trinajstić information content (AvgIpc) is 3.25. The first-order valence-corrected chi connectivity index (χ1v) is 10.5. The molecule has 0 fully saturated rings. The van der Waals surface area contributed by atoms with Crippen LogP contribution in [0.5, 0.6) is 11.5 Å². The molecule has 0 spiro atoms. The summed E-state index contributed by atoms with van der Waals surface area (Å²) in [6, 6.07) is 7.44. The molecule has 9 nitrogen and oxygen atoms in total. The summed E-state index contributed by atoms with van der Waals surface area (Å²) in [7, 11) is 2.99. The molecule has 2 aromatic heterocycles. The van der Waals surface area contributed by atoms with Crippen molar-refractivity contribution in [1.29, 1.82) is 0 Å². The Balaban J connectivity index is 1.78. The molecule has 32 heavy (non-hydrogen) atoms. The minimum absolute atomic E-state index is 0.0653. The highest BCUT2D eigenvalue weighted by Crippen LogP contribution is 2.35. The van der Waals surface area contributed by atoms with Crippen molar-refractivity contribution in [2.75, 3.05) is 33.9 Å². The van der Waals surface area contributed by atoms with Crippen LogP contribution in [0.1, 0.15) is 36.7 Å². The van der Waals surface area contributed by atoms with E-state index in [1.54, 1.807) is 24.0 Å². The fraction of sp³-hybridized carbons (Fsp3) is 0.391. The van der Waals surface area contributed by atoms with E-state index >= 15 is 0 Å². The summed E-state index contributed by atoms with van der Waals surface area (Å²) >= 11 is 0. The Morgan fingerprint density at radius 2 is 1.94 bits per heavy atom. The molecule has 9 heteroatoms. The molecule has 0 unspecified atom stereocenters. The van der Waals surface area contributed by atoms with Crippen LogP contribution in [0.3, 0.4) is 0 Å². The molecule has 3 heterocycles. The minimum atomic E-state index is -0.367. The van der Waals surface area contributed by atoms with Gasteiger partial charge in [-0.15, -0.1) is 0 Å². The topological polar surface area (TPSA) is 95.8 Å². The van der Waals surface area contributed by atoms with E-state index < -0.39 is 0 Å². The molecular formula is C23H26N4O5. The van der Waals surface area contributed by atoms with E-state index in [1.165, 1.54) is 12.0 Å². The smallest absolute Gasteiger partial charge is 0.307 e. The number of pyridine rings is 1. The van der Waals surface area contributed by atoms with Crippen molar-refractivity contribution in [3.05, 3.63) is 36.0 Å². The summed E-state index contributed by atoms with van der Waals surface area (Å²) in [6.07, 6.45) is 1.78. The zero-order chi connectivity index (χ0) is 22.8. The number of rotatable bonds is 6. The molecule has 0 radical (unpaired) electrons. The Morgan fingerprint density at radius 3 is 2.66 bits per heavy atom. The first-order chi connectivity index (χ1) is 15.4. The first-order valence-electron chi connectivity index (χ1n) is 10.5. The molecule has 1 aliphatic heterocycles. The van der Waals surface area contributed by atoms with Crippen LogP contribution < -0.4 is 9.47 Å². The van der Waals surface area contributed by atoms with E-state index in [1.807, 2.05) is 32.0 Å². The molecule has 0 N–H and O–H groups in total. The van der Waals surface area contributed by atoms with Gasteiger partial charge in [0.25, 0.3) is 5.91 Å². The Bertz CT molecular complexity index is 1170. The maximum atomic E-state index is 13.3. The number of hydrogen-bond acceptors (Lipinski definition) is 7. The van der Waals surface area contributed by atoms with E-state index in [0.29, 0.717) is 47.0 Å². The van der Waals surface area contributed by atoms with Crippen molar-refractivity contribution in [3.8, 4) is 22.8 Å². The molecule has 0 saturated heterocycles. The molecule has 1 aliphatic rings. The lowest BCUT2D eigenvalue weighted by Crippen LogP contribution is -2.29. The van der Waals surface area contributed by atoms with Gasteiger partial charge in [0.15, 0.2) is 17.1 Å². The van der Waals surface area contributed by atoms with Gasteiger partial charge in [0.2, 0.25) is 0 Å². The molecular weight excluding hydrogens is 412 g/mol. The summed E-state index contributed by atoms with van der Waals surface area (Å²) in [5.74, 6) is 0.751. The van der Waals surface area contributed by atoms with E-state index in [2.05, 4.69) is 9.84 Å². The number of methoxy groups -OCH3 is 1. The van der Waals surface area contributed by atoms with Crippen molar-refractivity contribution in [3.63, 3.8) is 0 Å². The minimum Gasteiger partial charge on any atom is -0.486 e. The van der Waals surface area contributed by atoms with Gasteiger partial charge >= 0.3 is 5.97 Å². The molecule has 0 saturated carbocycles. The van der Waals surface area contributed by atoms with Gasteiger partial charge in [-0.3, -0.25) is 9.59 Å². The fourth-order valence-electron chi connectivity index (χ4n) is 3.59. The number of ether oxygens (including phenoxy) is 3. The Kier molecular flexibility index (Phi) is 5.98. The highest BCUT2D eigenvalue weighted by molar-refractivity contribution is 6.06. The van der Waals surface area contributed by atoms with Crippen LogP contribution in [0.15, 0.2) is 30.5 Å². The number of nitrogens with zero attached hydrogens (tertiary/aromatic N) is 4. The van der Waals surface area contributed by atoms with Crippen LogP contribution in [0.2, 0.25) is 0 Å². The molecule has 0 bridgehead atoms. The molecule has 0 atom stereocenters. The second kappa shape index (κ2) is 8.86. The van der Waals surface area contributed by atoms with Crippen LogP contribution in [-0.4, -0.2) is 65.5 Å². The summed E-state index contributed by atoms with van der Waals surface area (Å²) in [5.41, 5.74) is 2.52. The van der Waals surface area contributed by atoms with E-state index in [4.69, 9.17) is 14.5 Å². The second-order valence-electron chi connectivity index (χ2n) is 7.89. The third-order valence-corrected chi connectivity index (χ3v) is 5.35. The molecule has 0 aliphatic carbocycles. The van der Waals surface area contributed by atoms with Gasteiger partial charge in [0, 0.05) is 25.2 Å². The number of benzene rings is 1. The highest BCUT2D eigenvalue weighted by Gasteiger charge is 2.22. The summed E-state index contributed by atoms with van der Waals surface area (Å²) in [4.78, 5) is 31.2. The SMILES string of the molecule is COC(=O)CCN(C)C(=O)c1cc(-c2ccc3c(c2)OCCO3)nc2c1cnn2C(C)C. The van der Waals surface area contributed by atoms with Gasteiger partial charge in [0.1, 0.15) is 13.2 Å². The van der Waals surface area contributed by atoms with Gasteiger partial charge in [-0.2, -0.15) is 5.10 Å². The second-order valence-corrected chi connectivity index (χ2v) is 7.89. The zero-order valence-corrected chi connectivity index (χ0v) is 18.6. The van der Waals surface area contributed by atoms with Gasteiger partial charge in [-0.25, -0.2) is 9.67 Å². The van der Waals surface area contributed by atoms with E-state index in [-0.39, 0.29) is 30.9 Å². The lowest BCUT2D eigenvalue weighted by Gasteiger charge is -2.20. The molecule has 4 rings (SSSR count). The quantitative estimate of drug-likeness (QED) is 0.546. The maximum absolute atomic E-state index is 13.3. The number of aromatic nitrogens is 3. The molecule has 1 aromatic carbocycles. The largest absolute Gasteiger partial charge is 0.486 e. The lowest BCUT2D eigenvalue weighted by atomic mass is 10.0. The van der Waals surface area contributed by atoms with Gasteiger partial charge in [-0.05, 0) is 38.1 Å². The molecule has 168 valence electrons. The zero-order valence-electron chi connectivity index (χ0n) is 18.6. The molecule has 1 amide bonds. The van der Waals surface area contributed by atoms with Crippen molar-refractivity contribution < 1.29 is 23.8 Å². The monoisotopic (exact) mass is 438 g/mol. The van der Waals surface area contributed by atoms with Crippen LogP contribution in [0, 0.1) is 0 Å². The predicted octanol–water partition coefficient (Wildman–Crippen LogP) is 3.09. The summed E-state index contributed by atoms with van der Waals surface area (Å²) in [6.45, 7) is 5.26. The predicted molar refractivity (Wildman–Crippen MR) is 118 cm³/mol. The molecule has 3 aromatic rings. The average molecular weight is 438 g/mol. The van der Waals surface area contributed by atoms with E-state index in [0.717, 1.165) is 5.56 Å². The van der Waals surface area contributed by atoms with Gasteiger partial charge in [0.05, 0.1) is 36.4 Å². The van der Waals surface area contributed by atoms with Crippen molar-refractivity contribution in [2.24, 2.45) is 0 Å². The van der Waals surface area contributed by atoms with Crippen molar-refractivity contribution in [1.82, 2.24) is 19.7 Å².